The standard InChI is InChI=1S/C19H21F3N2O2S/c20-19(21,22)13-26-17-3-1-2-14(10-17)11-24-7-4-16(5-8-24)23-18(25)15-6-9-27-12-15/h1-3,6,9-10,12,16H,4-5,7-8,11,13H2,(H,23,25). The summed E-state index contributed by atoms with van der Waals surface area (Å²) in [4.78, 5) is 14.3. The second-order valence-electron chi connectivity index (χ2n) is 6.59. The predicted molar refractivity (Wildman–Crippen MR) is 98.1 cm³/mol. The topological polar surface area (TPSA) is 41.6 Å². The van der Waals surface area contributed by atoms with E-state index in [9.17, 15) is 18.0 Å². The van der Waals surface area contributed by atoms with Crippen LogP contribution in [0.5, 0.6) is 5.75 Å². The van der Waals surface area contributed by atoms with E-state index in [1.165, 1.54) is 17.4 Å². The number of rotatable bonds is 6. The number of piperidine rings is 1. The van der Waals surface area contributed by atoms with E-state index >= 15 is 0 Å². The maximum atomic E-state index is 12.3. The smallest absolute Gasteiger partial charge is 0.422 e. The molecule has 146 valence electrons. The van der Waals surface area contributed by atoms with E-state index in [1.54, 1.807) is 12.1 Å². The monoisotopic (exact) mass is 398 g/mol. The molecule has 4 nitrogen and oxygen atoms in total. The molecule has 0 radical (unpaired) electrons. The molecule has 8 heteroatoms. The average Bonchev–Trinajstić information content (AvgIpc) is 3.16. The first-order chi connectivity index (χ1) is 12.9. The van der Waals surface area contributed by atoms with Crippen LogP contribution in [0.2, 0.25) is 0 Å². The van der Waals surface area contributed by atoms with E-state index in [2.05, 4.69) is 10.2 Å². The molecule has 1 amide bonds. The Hall–Kier alpha value is -2.06. The molecule has 1 aliphatic rings. The Bertz CT molecular complexity index is 742. The summed E-state index contributed by atoms with van der Waals surface area (Å²) in [6.45, 7) is 1.00. The summed E-state index contributed by atoms with van der Waals surface area (Å²) in [6.07, 6.45) is -2.65. The number of halogens is 3. The predicted octanol–water partition coefficient (Wildman–Crippen LogP) is 4.08. The number of hydrogen-bond donors (Lipinski definition) is 1. The minimum Gasteiger partial charge on any atom is -0.484 e. The normalized spacial score (nSPS) is 16.3. The number of nitrogens with one attached hydrogen (secondary N) is 1. The van der Waals surface area contributed by atoms with E-state index in [1.807, 2.05) is 22.9 Å². The Labute approximate surface area is 159 Å². The fourth-order valence-corrected chi connectivity index (χ4v) is 3.69. The van der Waals surface area contributed by atoms with Crippen LogP contribution in [0.25, 0.3) is 0 Å². The zero-order valence-corrected chi connectivity index (χ0v) is 15.5. The lowest BCUT2D eigenvalue weighted by atomic mass is 10.0. The molecule has 0 unspecified atom stereocenters. The third-order valence-electron chi connectivity index (χ3n) is 4.41. The molecule has 0 bridgehead atoms. The number of carbonyl (C=O) groups excluding carboxylic acids is 1. The Morgan fingerprint density at radius 1 is 1.26 bits per heavy atom. The molecule has 0 saturated carbocycles. The van der Waals surface area contributed by atoms with Crippen LogP contribution in [-0.4, -0.2) is 42.7 Å². The van der Waals surface area contributed by atoms with Gasteiger partial charge in [0, 0.05) is 36.6 Å². The fourth-order valence-electron chi connectivity index (χ4n) is 3.05. The van der Waals surface area contributed by atoms with Gasteiger partial charge in [0.05, 0.1) is 0 Å². The molecule has 3 rings (SSSR count). The van der Waals surface area contributed by atoms with Crippen molar-refractivity contribution < 1.29 is 22.7 Å². The van der Waals surface area contributed by atoms with Crippen LogP contribution in [0, 0.1) is 0 Å². The average molecular weight is 398 g/mol. The summed E-state index contributed by atoms with van der Waals surface area (Å²) in [5.41, 5.74) is 1.61. The van der Waals surface area contributed by atoms with Crippen LogP contribution >= 0.6 is 11.3 Å². The molecule has 0 spiro atoms. The number of amides is 1. The maximum absolute atomic E-state index is 12.3. The minimum absolute atomic E-state index is 0.0378. The summed E-state index contributed by atoms with van der Waals surface area (Å²) in [6, 6.07) is 8.72. The van der Waals surface area contributed by atoms with Crippen LogP contribution < -0.4 is 10.1 Å². The Kier molecular flexibility index (Phi) is 6.38. The summed E-state index contributed by atoms with van der Waals surface area (Å²) >= 11 is 1.50. The number of thiophene rings is 1. The lowest BCUT2D eigenvalue weighted by molar-refractivity contribution is -0.153. The molecule has 1 aromatic carbocycles. The van der Waals surface area contributed by atoms with Gasteiger partial charge in [0.25, 0.3) is 5.91 Å². The second kappa shape index (κ2) is 8.75. The number of likely N-dealkylation sites (tertiary alicyclic amines) is 1. The van der Waals surface area contributed by atoms with Gasteiger partial charge in [-0.25, -0.2) is 0 Å². The molecule has 1 aliphatic heterocycles. The van der Waals surface area contributed by atoms with Gasteiger partial charge < -0.3 is 10.1 Å². The number of carbonyl (C=O) groups is 1. The van der Waals surface area contributed by atoms with Gasteiger partial charge in [-0.15, -0.1) is 0 Å². The van der Waals surface area contributed by atoms with Crippen molar-refractivity contribution in [1.29, 1.82) is 0 Å². The number of alkyl halides is 3. The SMILES string of the molecule is O=C(NC1CCN(Cc2cccc(OCC(F)(F)F)c2)CC1)c1ccsc1. The van der Waals surface area contributed by atoms with Gasteiger partial charge in [-0.3, -0.25) is 9.69 Å². The van der Waals surface area contributed by atoms with Crippen LogP contribution in [0.4, 0.5) is 13.2 Å². The Morgan fingerprint density at radius 3 is 2.70 bits per heavy atom. The molecule has 2 aromatic rings. The van der Waals surface area contributed by atoms with Gasteiger partial charge >= 0.3 is 6.18 Å². The molecular weight excluding hydrogens is 377 g/mol. The van der Waals surface area contributed by atoms with Gasteiger partial charge in [0.1, 0.15) is 5.75 Å². The summed E-state index contributed by atoms with van der Waals surface area (Å²) < 4.78 is 41.6. The van der Waals surface area contributed by atoms with E-state index < -0.39 is 12.8 Å². The largest absolute Gasteiger partial charge is 0.484 e. The highest BCUT2D eigenvalue weighted by Crippen LogP contribution is 2.21. The zero-order valence-electron chi connectivity index (χ0n) is 14.7. The van der Waals surface area contributed by atoms with E-state index in [0.29, 0.717) is 12.1 Å². The summed E-state index contributed by atoms with van der Waals surface area (Å²) in [7, 11) is 0. The van der Waals surface area contributed by atoms with Crippen LogP contribution in [0.1, 0.15) is 28.8 Å². The number of benzene rings is 1. The van der Waals surface area contributed by atoms with Crippen molar-refractivity contribution in [2.24, 2.45) is 0 Å². The highest BCUT2D eigenvalue weighted by atomic mass is 32.1. The number of ether oxygens (including phenoxy) is 1. The van der Waals surface area contributed by atoms with E-state index in [4.69, 9.17) is 4.74 Å². The van der Waals surface area contributed by atoms with Crippen molar-refractivity contribution in [3.05, 3.63) is 52.2 Å². The van der Waals surface area contributed by atoms with Gasteiger partial charge in [0.2, 0.25) is 0 Å². The first kappa shape index (κ1) is 19.7. The van der Waals surface area contributed by atoms with Gasteiger partial charge in [-0.1, -0.05) is 12.1 Å². The zero-order chi connectivity index (χ0) is 19.3. The van der Waals surface area contributed by atoms with Gasteiger partial charge in [-0.05, 0) is 42.0 Å². The number of hydrogen-bond acceptors (Lipinski definition) is 4. The fraction of sp³-hybridized carbons (Fsp3) is 0.421. The molecule has 0 atom stereocenters. The molecular formula is C19H21F3N2O2S. The molecule has 27 heavy (non-hydrogen) atoms. The molecule has 1 fully saturated rings. The lowest BCUT2D eigenvalue weighted by Crippen LogP contribution is -2.44. The van der Waals surface area contributed by atoms with Crippen molar-refractivity contribution in [3.63, 3.8) is 0 Å². The Balaban J connectivity index is 1.45. The highest BCUT2D eigenvalue weighted by Gasteiger charge is 2.28. The van der Waals surface area contributed by atoms with Crippen molar-refractivity contribution >= 4 is 17.2 Å². The van der Waals surface area contributed by atoms with E-state index in [-0.39, 0.29) is 17.7 Å². The van der Waals surface area contributed by atoms with Crippen molar-refractivity contribution in [1.82, 2.24) is 10.2 Å². The van der Waals surface area contributed by atoms with Gasteiger partial charge in [0.15, 0.2) is 6.61 Å². The number of nitrogens with zero attached hydrogens (tertiary/aromatic N) is 1. The maximum Gasteiger partial charge on any atom is 0.422 e. The molecule has 1 N–H and O–H groups in total. The third kappa shape index (κ3) is 6.25. The quantitative estimate of drug-likeness (QED) is 0.797. The first-order valence-electron chi connectivity index (χ1n) is 8.73. The molecule has 1 aromatic heterocycles. The van der Waals surface area contributed by atoms with E-state index in [0.717, 1.165) is 31.5 Å². The molecule has 0 aliphatic carbocycles. The van der Waals surface area contributed by atoms with Crippen molar-refractivity contribution in [3.8, 4) is 5.75 Å². The second-order valence-corrected chi connectivity index (χ2v) is 7.37. The minimum atomic E-state index is -4.34. The van der Waals surface area contributed by atoms with Crippen LogP contribution in [0.3, 0.4) is 0 Å². The van der Waals surface area contributed by atoms with Crippen LogP contribution in [0.15, 0.2) is 41.1 Å². The Morgan fingerprint density at radius 2 is 2.04 bits per heavy atom. The molecule has 1 saturated heterocycles. The van der Waals surface area contributed by atoms with Crippen LogP contribution in [-0.2, 0) is 6.54 Å². The molecule has 2 heterocycles. The highest BCUT2D eigenvalue weighted by molar-refractivity contribution is 7.08. The first-order valence-corrected chi connectivity index (χ1v) is 9.67. The third-order valence-corrected chi connectivity index (χ3v) is 5.10. The van der Waals surface area contributed by atoms with Crippen molar-refractivity contribution in [2.75, 3.05) is 19.7 Å². The van der Waals surface area contributed by atoms with Crippen molar-refractivity contribution in [2.45, 2.75) is 31.6 Å². The summed E-state index contributed by atoms with van der Waals surface area (Å²) in [5.74, 6) is 0.187. The van der Waals surface area contributed by atoms with Gasteiger partial charge in [-0.2, -0.15) is 24.5 Å². The lowest BCUT2D eigenvalue weighted by Gasteiger charge is -2.32. The summed E-state index contributed by atoms with van der Waals surface area (Å²) in [5, 5.41) is 6.77.